The third-order valence-corrected chi connectivity index (χ3v) is 4.94. The zero-order chi connectivity index (χ0) is 13.8. The first-order chi connectivity index (χ1) is 8.28. The van der Waals surface area contributed by atoms with Gasteiger partial charge in [0.1, 0.15) is 4.90 Å². The SMILES string of the molecule is CC(C)(CCBr)CNS(=O)(=O)c1ccccc1Cl. The number of nitrogens with one attached hydrogen (secondary N) is 1. The van der Waals surface area contributed by atoms with Crippen molar-refractivity contribution in [3.05, 3.63) is 29.3 Å². The average Bonchev–Trinajstić information content (AvgIpc) is 2.27. The molecule has 1 aromatic carbocycles. The monoisotopic (exact) mass is 353 g/mol. The van der Waals surface area contributed by atoms with Crippen LogP contribution in [-0.4, -0.2) is 20.3 Å². The Hall–Kier alpha value is -0.100. The van der Waals surface area contributed by atoms with Crippen LogP contribution in [0.5, 0.6) is 0 Å². The highest BCUT2D eigenvalue weighted by Gasteiger charge is 2.23. The van der Waals surface area contributed by atoms with E-state index in [-0.39, 0.29) is 15.3 Å². The summed E-state index contributed by atoms with van der Waals surface area (Å²) in [5, 5.41) is 1.08. The van der Waals surface area contributed by atoms with Gasteiger partial charge in [0.2, 0.25) is 10.0 Å². The van der Waals surface area contributed by atoms with Gasteiger partial charge in [0.25, 0.3) is 0 Å². The molecule has 1 rings (SSSR count). The lowest BCUT2D eigenvalue weighted by Gasteiger charge is -2.23. The zero-order valence-corrected chi connectivity index (χ0v) is 13.6. The molecule has 1 aromatic rings. The van der Waals surface area contributed by atoms with E-state index in [0.717, 1.165) is 11.8 Å². The van der Waals surface area contributed by atoms with Gasteiger partial charge in [-0.05, 0) is 24.0 Å². The van der Waals surface area contributed by atoms with E-state index in [4.69, 9.17) is 11.6 Å². The summed E-state index contributed by atoms with van der Waals surface area (Å²) in [4.78, 5) is 0.126. The van der Waals surface area contributed by atoms with Gasteiger partial charge in [0.15, 0.2) is 0 Å². The van der Waals surface area contributed by atoms with Crippen molar-refractivity contribution in [2.45, 2.75) is 25.2 Å². The number of alkyl halides is 1. The van der Waals surface area contributed by atoms with Crippen molar-refractivity contribution in [2.24, 2.45) is 5.41 Å². The first-order valence-corrected chi connectivity index (χ1v) is 8.57. The number of sulfonamides is 1. The molecule has 0 spiro atoms. The molecule has 0 atom stereocenters. The molecule has 0 aliphatic rings. The smallest absolute Gasteiger partial charge is 0.211 e. The molecule has 3 nitrogen and oxygen atoms in total. The molecule has 18 heavy (non-hydrogen) atoms. The Bertz CT molecular complexity index is 503. The molecular weight excluding hydrogens is 338 g/mol. The van der Waals surface area contributed by atoms with E-state index in [0.29, 0.717) is 6.54 Å². The van der Waals surface area contributed by atoms with Crippen molar-refractivity contribution in [3.8, 4) is 0 Å². The van der Waals surface area contributed by atoms with Crippen LogP contribution in [-0.2, 0) is 10.0 Å². The van der Waals surface area contributed by atoms with Gasteiger partial charge in [-0.25, -0.2) is 13.1 Å². The average molecular weight is 355 g/mol. The van der Waals surface area contributed by atoms with Crippen LogP contribution in [0.15, 0.2) is 29.2 Å². The molecule has 0 radical (unpaired) electrons. The van der Waals surface area contributed by atoms with E-state index >= 15 is 0 Å². The second-order valence-electron chi connectivity index (χ2n) is 4.86. The van der Waals surface area contributed by atoms with Crippen molar-refractivity contribution < 1.29 is 8.42 Å². The van der Waals surface area contributed by atoms with Gasteiger partial charge in [-0.1, -0.05) is 53.5 Å². The molecule has 1 N–H and O–H groups in total. The van der Waals surface area contributed by atoms with E-state index in [1.54, 1.807) is 18.2 Å². The molecule has 0 fully saturated rings. The van der Waals surface area contributed by atoms with Crippen molar-refractivity contribution in [1.29, 1.82) is 0 Å². The second kappa shape index (κ2) is 6.37. The quantitative estimate of drug-likeness (QED) is 0.796. The van der Waals surface area contributed by atoms with Gasteiger partial charge < -0.3 is 0 Å². The summed E-state index contributed by atoms with van der Waals surface area (Å²) in [6.07, 6.45) is 0.887. The second-order valence-corrected chi connectivity index (χ2v) is 7.79. The van der Waals surface area contributed by atoms with Crippen LogP contribution in [0.1, 0.15) is 20.3 Å². The fourth-order valence-electron chi connectivity index (χ4n) is 1.37. The fraction of sp³-hybridized carbons (Fsp3) is 0.500. The summed E-state index contributed by atoms with van der Waals surface area (Å²) in [6.45, 7) is 4.42. The molecule has 0 aliphatic heterocycles. The number of halogens is 2. The van der Waals surface area contributed by atoms with Crippen LogP contribution in [0, 0.1) is 5.41 Å². The van der Waals surface area contributed by atoms with Gasteiger partial charge in [0, 0.05) is 11.9 Å². The van der Waals surface area contributed by atoms with Gasteiger partial charge in [-0.3, -0.25) is 0 Å². The zero-order valence-electron chi connectivity index (χ0n) is 10.4. The van der Waals surface area contributed by atoms with E-state index in [1.807, 2.05) is 13.8 Å². The summed E-state index contributed by atoms with van der Waals surface area (Å²) < 4.78 is 26.8. The van der Waals surface area contributed by atoms with Gasteiger partial charge in [-0.2, -0.15) is 0 Å². The third-order valence-electron chi connectivity index (χ3n) is 2.64. The van der Waals surface area contributed by atoms with E-state index in [2.05, 4.69) is 20.7 Å². The topological polar surface area (TPSA) is 46.2 Å². The van der Waals surface area contributed by atoms with Crippen molar-refractivity contribution in [2.75, 3.05) is 11.9 Å². The lowest BCUT2D eigenvalue weighted by atomic mass is 9.91. The van der Waals surface area contributed by atoms with E-state index in [9.17, 15) is 8.42 Å². The molecular formula is C12H17BrClNO2S. The molecule has 102 valence electrons. The lowest BCUT2D eigenvalue weighted by Crippen LogP contribution is -2.34. The van der Waals surface area contributed by atoms with Crippen LogP contribution in [0.3, 0.4) is 0 Å². The summed E-state index contributed by atoms with van der Waals surface area (Å²) in [5.74, 6) is 0. The minimum Gasteiger partial charge on any atom is -0.211 e. The van der Waals surface area contributed by atoms with Crippen LogP contribution >= 0.6 is 27.5 Å². The Labute approximate surface area is 122 Å². The van der Waals surface area contributed by atoms with Crippen molar-refractivity contribution >= 4 is 37.6 Å². The van der Waals surface area contributed by atoms with Crippen LogP contribution in [0.4, 0.5) is 0 Å². The van der Waals surface area contributed by atoms with E-state index < -0.39 is 10.0 Å². The Kier molecular flexibility index (Phi) is 5.65. The Morgan fingerprint density at radius 2 is 1.94 bits per heavy atom. The normalized spacial score (nSPS) is 12.7. The van der Waals surface area contributed by atoms with Crippen molar-refractivity contribution in [1.82, 2.24) is 4.72 Å². The molecule has 0 saturated heterocycles. The predicted octanol–water partition coefficient (Wildman–Crippen LogP) is 3.43. The molecule has 0 bridgehead atoms. The summed E-state index contributed by atoms with van der Waals surface area (Å²) in [7, 11) is -3.54. The largest absolute Gasteiger partial charge is 0.242 e. The molecule has 0 saturated carbocycles. The summed E-state index contributed by atoms with van der Waals surface area (Å²) >= 11 is 9.26. The first kappa shape index (κ1) is 16.0. The van der Waals surface area contributed by atoms with Gasteiger partial charge in [0.05, 0.1) is 5.02 Å². The molecule has 0 unspecified atom stereocenters. The lowest BCUT2D eigenvalue weighted by molar-refractivity contribution is 0.354. The van der Waals surface area contributed by atoms with Crippen LogP contribution < -0.4 is 4.72 Å². The molecule has 6 heteroatoms. The Morgan fingerprint density at radius 1 is 1.33 bits per heavy atom. The van der Waals surface area contributed by atoms with E-state index in [1.165, 1.54) is 6.07 Å². The molecule has 0 heterocycles. The minimum absolute atomic E-state index is 0.0994. The molecule has 0 aromatic heterocycles. The number of rotatable bonds is 6. The maximum Gasteiger partial charge on any atom is 0.242 e. The molecule has 0 amide bonds. The number of hydrogen-bond donors (Lipinski definition) is 1. The summed E-state index contributed by atoms with van der Waals surface area (Å²) in [6, 6.07) is 6.43. The number of hydrogen-bond acceptors (Lipinski definition) is 2. The fourth-order valence-corrected chi connectivity index (χ4v) is 4.21. The highest BCUT2D eigenvalue weighted by atomic mass is 79.9. The van der Waals surface area contributed by atoms with Gasteiger partial charge in [-0.15, -0.1) is 0 Å². The van der Waals surface area contributed by atoms with Crippen LogP contribution in [0.2, 0.25) is 5.02 Å². The number of benzene rings is 1. The predicted molar refractivity (Wildman–Crippen MR) is 78.8 cm³/mol. The maximum absolute atomic E-state index is 12.1. The highest BCUT2D eigenvalue weighted by molar-refractivity contribution is 9.09. The van der Waals surface area contributed by atoms with Crippen LogP contribution in [0.25, 0.3) is 0 Å². The standard InChI is InChI=1S/C12H17BrClNO2S/c1-12(2,7-8-13)9-15-18(16,17)11-6-4-3-5-10(11)14/h3-6,15H,7-9H2,1-2H3. The Morgan fingerprint density at radius 3 is 2.50 bits per heavy atom. The highest BCUT2D eigenvalue weighted by Crippen LogP contribution is 2.23. The van der Waals surface area contributed by atoms with Crippen molar-refractivity contribution in [3.63, 3.8) is 0 Å². The Balaban J connectivity index is 2.81. The first-order valence-electron chi connectivity index (χ1n) is 5.59. The third kappa shape index (κ3) is 4.53. The minimum atomic E-state index is -3.54. The summed E-state index contributed by atoms with van der Waals surface area (Å²) in [5.41, 5.74) is -0.0994. The maximum atomic E-state index is 12.1. The van der Waals surface area contributed by atoms with Gasteiger partial charge >= 0.3 is 0 Å². The molecule has 0 aliphatic carbocycles.